The lowest BCUT2D eigenvalue weighted by Crippen LogP contribution is -1.94. The van der Waals surface area contributed by atoms with Crippen molar-refractivity contribution < 1.29 is 14.3 Å². The summed E-state index contributed by atoms with van der Waals surface area (Å²) in [6, 6.07) is 9.32. The van der Waals surface area contributed by atoms with Crippen LogP contribution in [-0.4, -0.2) is 20.5 Å². The van der Waals surface area contributed by atoms with Gasteiger partial charge in [-0.2, -0.15) is 0 Å². The van der Waals surface area contributed by atoms with E-state index in [9.17, 15) is 4.79 Å². The third-order valence-corrected chi connectivity index (χ3v) is 2.57. The van der Waals surface area contributed by atoms with Gasteiger partial charge in [0.1, 0.15) is 11.5 Å². The van der Waals surface area contributed by atoms with Crippen LogP contribution in [0.4, 0.5) is 0 Å². The first-order valence-corrected chi connectivity index (χ1v) is 4.90. The Morgan fingerprint density at radius 2 is 1.62 bits per heavy atom. The van der Waals surface area contributed by atoms with Gasteiger partial charge in [0.25, 0.3) is 0 Å². The van der Waals surface area contributed by atoms with Gasteiger partial charge in [-0.05, 0) is 5.39 Å². The minimum absolute atomic E-state index is 0.533. The summed E-state index contributed by atoms with van der Waals surface area (Å²) >= 11 is 0. The van der Waals surface area contributed by atoms with Gasteiger partial charge in [-0.25, -0.2) is 0 Å². The van der Waals surface area contributed by atoms with Crippen LogP contribution < -0.4 is 9.47 Å². The van der Waals surface area contributed by atoms with Gasteiger partial charge < -0.3 is 9.47 Å². The Labute approximate surface area is 93.6 Å². The standard InChI is InChI=1S/C13H12O3/c1-15-12-7-13(16-2)11(8-14)9-5-3-4-6-10(9)12/h3-8H,1-2H3. The number of rotatable bonds is 3. The van der Waals surface area contributed by atoms with Crippen molar-refractivity contribution in [3.8, 4) is 11.5 Å². The van der Waals surface area contributed by atoms with Crippen LogP contribution in [0.1, 0.15) is 10.4 Å². The fourth-order valence-corrected chi connectivity index (χ4v) is 1.80. The number of ether oxygens (including phenoxy) is 2. The number of hydrogen-bond acceptors (Lipinski definition) is 3. The molecule has 0 heterocycles. The Morgan fingerprint density at radius 1 is 1.00 bits per heavy atom. The van der Waals surface area contributed by atoms with Crippen LogP contribution >= 0.6 is 0 Å². The lowest BCUT2D eigenvalue weighted by Gasteiger charge is -2.11. The van der Waals surface area contributed by atoms with Crippen LogP contribution in [-0.2, 0) is 0 Å². The molecule has 0 aliphatic rings. The summed E-state index contributed by atoms with van der Waals surface area (Å²) < 4.78 is 10.4. The molecule has 0 aromatic heterocycles. The number of fused-ring (bicyclic) bond motifs is 1. The van der Waals surface area contributed by atoms with Crippen molar-refractivity contribution in [3.05, 3.63) is 35.9 Å². The van der Waals surface area contributed by atoms with Crippen LogP contribution in [0.25, 0.3) is 10.8 Å². The number of benzene rings is 2. The zero-order valence-corrected chi connectivity index (χ0v) is 9.19. The normalized spacial score (nSPS) is 10.1. The molecule has 0 atom stereocenters. The molecule has 0 bridgehead atoms. The Kier molecular flexibility index (Phi) is 2.77. The summed E-state index contributed by atoms with van der Waals surface area (Å²) in [5.41, 5.74) is 0.555. The smallest absolute Gasteiger partial charge is 0.154 e. The Morgan fingerprint density at radius 3 is 2.19 bits per heavy atom. The highest BCUT2D eigenvalue weighted by molar-refractivity contribution is 6.03. The van der Waals surface area contributed by atoms with Crippen molar-refractivity contribution in [2.45, 2.75) is 0 Å². The SMILES string of the molecule is COc1cc(OC)c2ccccc2c1C=O. The monoisotopic (exact) mass is 216 g/mol. The highest BCUT2D eigenvalue weighted by Gasteiger charge is 2.11. The third kappa shape index (κ3) is 1.50. The summed E-state index contributed by atoms with van der Waals surface area (Å²) in [7, 11) is 3.14. The first-order valence-electron chi connectivity index (χ1n) is 4.90. The highest BCUT2D eigenvalue weighted by Crippen LogP contribution is 2.34. The van der Waals surface area contributed by atoms with Gasteiger partial charge in [0.05, 0.1) is 19.8 Å². The van der Waals surface area contributed by atoms with Crippen molar-refractivity contribution >= 4 is 17.1 Å². The largest absolute Gasteiger partial charge is 0.496 e. The molecule has 0 saturated carbocycles. The van der Waals surface area contributed by atoms with Gasteiger partial charge in [0, 0.05) is 11.5 Å². The average Bonchev–Trinajstić information content (AvgIpc) is 2.36. The Balaban J connectivity index is 2.88. The average molecular weight is 216 g/mol. The van der Waals surface area contributed by atoms with Gasteiger partial charge in [-0.1, -0.05) is 24.3 Å². The number of carbonyl (C=O) groups excluding carboxylic acids is 1. The molecule has 2 rings (SSSR count). The maximum absolute atomic E-state index is 11.1. The zero-order chi connectivity index (χ0) is 11.5. The lowest BCUT2D eigenvalue weighted by atomic mass is 10.0. The van der Waals surface area contributed by atoms with Gasteiger partial charge in [0.15, 0.2) is 6.29 Å². The van der Waals surface area contributed by atoms with E-state index >= 15 is 0 Å². The van der Waals surface area contributed by atoms with E-state index in [1.54, 1.807) is 13.2 Å². The van der Waals surface area contributed by atoms with Gasteiger partial charge in [-0.3, -0.25) is 4.79 Å². The predicted octanol–water partition coefficient (Wildman–Crippen LogP) is 2.67. The second kappa shape index (κ2) is 4.23. The number of hydrogen-bond donors (Lipinski definition) is 0. The van der Waals surface area contributed by atoms with Crippen molar-refractivity contribution in [1.82, 2.24) is 0 Å². The Hall–Kier alpha value is -2.03. The molecule has 3 heteroatoms. The molecule has 16 heavy (non-hydrogen) atoms. The van der Waals surface area contributed by atoms with Crippen molar-refractivity contribution in [3.63, 3.8) is 0 Å². The fourth-order valence-electron chi connectivity index (χ4n) is 1.80. The highest BCUT2D eigenvalue weighted by atomic mass is 16.5. The van der Waals surface area contributed by atoms with Crippen LogP contribution in [0.2, 0.25) is 0 Å². The predicted molar refractivity (Wildman–Crippen MR) is 62.4 cm³/mol. The van der Waals surface area contributed by atoms with E-state index in [-0.39, 0.29) is 0 Å². The molecule has 0 saturated heterocycles. The van der Waals surface area contributed by atoms with Crippen molar-refractivity contribution in [2.75, 3.05) is 14.2 Å². The molecule has 0 radical (unpaired) electrons. The molecule has 2 aromatic carbocycles. The maximum Gasteiger partial charge on any atom is 0.154 e. The summed E-state index contributed by atoms with van der Waals surface area (Å²) in [5.74, 6) is 1.24. The van der Waals surface area contributed by atoms with E-state index in [4.69, 9.17) is 9.47 Å². The molecule has 3 nitrogen and oxygen atoms in total. The van der Waals surface area contributed by atoms with Crippen LogP contribution in [0.3, 0.4) is 0 Å². The fraction of sp³-hybridized carbons (Fsp3) is 0.154. The van der Waals surface area contributed by atoms with Gasteiger partial charge in [-0.15, -0.1) is 0 Å². The van der Waals surface area contributed by atoms with E-state index in [2.05, 4.69) is 0 Å². The van der Waals surface area contributed by atoms with E-state index < -0.39 is 0 Å². The summed E-state index contributed by atoms with van der Waals surface area (Å²) in [6.45, 7) is 0. The molecular weight excluding hydrogens is 204 g/mol. The van der Waals surface area contributed by atoms with Crippen molar-refractivity contribution in [2.24, 2.45) is 0 Å². The van der Waals surface area contributed by atoms with E-state index in [0.717, 1.165) is 17.1 Å². The molecule has 0 unspecified atom stereocenters. The van der Waals surface area contributed by atoms with E-state index in [1.165, 1.54) is 7.11 Å². The summed E-state index contributed by atoms with van der Waals surface area (Å²) in [4.78, 5) is 11.1. The minimum atomic E-state index is 0.533. The first-order chi connectivity index (χ1) is 7.81. The third-order valence-electron chi connectivity index (χ3n) is 2.57. The second-order valence-electron chi connectivity index (χ2n) is 3.36. The maximum atomic E-state index is 11.1. The second-order valence-corrected chi connectivity index (χ2v) is 3.36. The van der Waals surface area contributed by atoms with Crippen molar-refractivity contribution in [1.29, 1.82) is 0 Å². The van der Waals surface area contributed by atoms with Crippen LogP contribution in [0.15, 0.2) is 30.3 Å². The topological polar surface area (TPSA) is 35.5 Å². The first kappa shape index (κ1) is 10.5. The number of aldehydes is 1. The van der Waals surface area contributed by atoms with Crippen LogP contribution in [0, 0.1) is 0 Å². The van der Waals surface area contributed by atoms with Gasteiger partial charge >= 0.3 is 0 Å². The summed E-state index contributed by atoms with van der Waals surface area (Å²) in [5, 5.41) is 1.75. The molecule has 0 aliphatic carbocycles. The quantitative estimate of drug-likeness (QED) is 0.740. The number of methoxy groups -OCH3 is 2. The zero-order valence-electron chi connectivity index (χ0n) is 9.19. The van der Waals surface area contributed by atoms with E-state index in [0.29, 0.717) is 17.1 Å². The molecule has 0 amide bonds. The lowest BCUT2D eigenvalue weighted by molar-refractivity contribution is 0.112. The molecule has 0 spiro atoms. The van der Waals surface area contributed by atoms with Crippen LogP contribution in [0.5, 0.6) is 11.5 Å². The van der Waals surface area contributed by atoms with E-state index in [1.807, 2.05) is 24.3 Å². The molecular formula is C13H12O3. The molecule has 0 N–H and O–H groups in total. The molecule has 0 aliphatic heterocycles. The Bertz CT molecular complexity index is 532. The van der Waals surface area contributed by atoms with Gasteiger partial charge in [0.2, 0.25) is 0 Å². The summed E-state index contributed by atoms with van der Waals surface area (Å²) in [6.07, 6.45) is 0.806. The number of carbonyl (C=O) groups is 1. The molecule has 0 fully saturated rings. The molecule has 2 aromatic rings. The molecule has 82 valence electrons. The minimum Gasteiger partial charge on any atom is -0.496 e.